The molecule has 0 bridgehead atoms. The Hall–Kier alpha value is -1.10. The van der Waals surface area contributed by atoms with Crippen LogP contribution in [0.1, 0.15) is 17.2 Å². The molecule has 1 atom stereocenters. The second kappa shape index (κ2) is 7.07. The number of rotatable bonds is 5. The van der Waals surface area contributed by atoms with Crippen molar-refractivity contribution in [3.63, 3.8) is 0 Å². The summed E-state index contributed by atoms with van der Waals surface area (Å²) in [5, 5.41) is 4.01. The molecule has 0 saturated heterocycles. The molecule has 1 aromatic heterocycles. The summed E-state index contributed by atoms with van der Waals surface area (Å²) in [7, 11) is 3.60. The largest absolute Gasteiger partial charge is 0.497 e. The molecule has 0 saturated carbocycles. The molecule has 106 valence electrons. The highest BCUT2D eigenvalue weighted by Gasteiger charge is 2.15. The van der Waals surface area contributed by atoms with E-state index in [1.165, 1.54) is 0 Å². The monoisotopic (exact) mass is 354 g/mol. The molecule has 1 unspecified atom stereocenters. The molecule has 0 radical (unpaired) electrons. The normalized spacial score (nSPS) is 12.2. The number of benzene rings is 1. The Balaban J connectivity index is 2.31. The number of likely N-dealkylation sites (N-methyl/N-ethyl adjacent to an activating group) is 1. The maximum absolute atomic E-state index is 6.18. The van der Waals surface area contributed by atoms with E-state index in [9.17, 15) is 0 Å². The van der Waals surface area contributed by atoms with Crippen molar-refractivity contribution < 1.29 is 4.74 Å². The number of pyridine rings is 1. The first-order valence-corrected chi connectivity index (χ1v) is 7.42. The summed E-state index contributed by atoms with van der Waals surface area (Å²) in [6, 6.07) is 8.03. The lowest BCUT2D eigenvalue weighted by molar-refractivity contribution is 0.413. The fourth-order valence-corrected chi connectivity index (χ4v) is 2.79. The summed E-state index contributed by atoms with van der Waals surface area (Å²) in [4.78, 5) is 4.01. The number of nitrogens with zero attached hydrogens (tertiary/aromatic N) is 1. The minimum Gasteiger partial charge on any atom is -0.497 e. The van der Waals surface area contributed by atoms with Crippen molar-refractivity contribution in [1.82, 2.24) is 10.3 Å². The van der Waals surface area contributed by atoms with E-state index >= 15 is 0 Å². The van der Waals surface area contributed by atoms with E-state index in [0.29, 0.717) is 5.02 Å². The lowest BCUT2D eigenvalue weighted by Gasteiger charge is -2.19. The highest BCUT2D eigenvalue weighted by atomic mass is 79.9. The molecule has 0 aliphatic heterocycles. The van der Waals surface area contributed by atoms with E-state index < -0.39 is 0 Å². The minimum atomic E-state index is 0.138. The zero-order valence-corrected chi connectivity index (χ0v) is 13.7. The summed E-state index contributed by atoms with van der Waals surface area (Å²) in [6.07, 6.45) is 4.21. The fraction of sp³-hybridized carbons (Fsp3) is 0.267. The van der Waals surface area contributed by atoms with Gasteiger partial charge >= 0.3 is 0 Å². The van der Waals surface area contributed by atoms with Crippen molar-refractivity contribution in [3.8, 4) is 5.75 Å². The van der Waals surface area contributed by atoms with Gasteiger partial charge < -0.3 is 10.1 Å². The highest BCUT2D eigenvalue weighted by Crippen LogP contribution is 2.30. The first-order valence-electron chi connectivity index (χ1n) is 6.24. The van der Waals surface area contributed by atoms with Crippen LogP contribution in [0, 0.1) is 0 Å². The van der Waals surface area contributed by atoms with Crippen molar-refractivity contribution in [2.45, 2.75) is 12.5 Å². The molecule has 0 amide bonds. The molecule has 1 heterocycles. The zero-order chi connectivity index (χ0) is 14.5. The lowest BCUT2D eigenvalue weighted by Crippen LogP contribution is -2.19. The van der Waals surface area contributed by atoms with Gasteiger partial charge in [-0.15, -0.1) is 0 Å². The molecule has 0 aliphatic carbocycles. The van der Waals surface area contributed by atoms with E-state index in [-0.39, 0.29) is 6.04 Å². The van der Waals surface area contributed by atoms with E-state index in [1.54, 1.807) is 19.5 Å². The molecular weight excluding hydrogens is 340 g/mol. The lowest BCUT2D eigenvalue weighted by atomic mass is 9.99. The van der Waals surface area contributed by atoms with Crippen LogP contribution in [-0.4, -0.2) is 19.1 Å². The first kappa shape index (κ1) is 15.3. The quantitative estimate of drug-likeness (QED) is 0.880. The second-order valence-electron chi connectivity index (χ2n) is 4.40. The predicted octanol–water partition coefficient (Wildman–Crippen LogP) is 4.01. The average Bonchev–Trinajstić information content (AvgIpc) is 2.47. The molecule has 3 nitrogen and oxygen atoms in total. The standard InChI is InChI=1S/C15H16BrClN2O/c1-18-15(7-10-5-6-19-9-14(10)17)12-8-11(20-2)3-4-13(12)16/h3-6,8-9,15,18H,7H2,1-2H3. The van der Waals surface area contributed by atoms with Crippen molar-refractivity contribution in [2.24, 2.45) is 0 Å². The van der Waals surface area contributed by atoms with Gasteiger partial charge in [0.15, 0.2) is 0 Å². The Bertz CT molecular complexity index is 592. The van der Waals surface area contributed by atoms with Gasteiger partial charge in [-0.25, -0.2) is 0 Å². The molecule has 0 aliphatic rings. The maximum atomic E-state index is 6.18. The molecule has 1 aromatic carbocycles. The number of methoxy groups -OCH3 is 1. The molecule has 5 heteroatoms. The van der Waals surface area contributed by atoms with Gasteiger partial charge in [0, 0.05) is 22.9 Å². The highest BCUT2D eigenvalue weighted by molar-refractivity contribution is 9.10. The average molecular weight is 356 g/mol. The number of nitrogens with one attached hydrogen (secondary N) is 1. The summed E-state index contributed by atoms with van der Waals surface area (Å²) < 4.78 is 6.34. The third-order valence-corrected chi connectivity index (χ3v) is 4.27. The summed E-state index contributed by atoms with van der Waals surface area (Å²) in [6.45, 7) is 0. The van der Waals surface area contributed by atoms with Crippen LogP contribution in [0.25, 0.3) is 0 Å². The van der Waals surface area contributed by atoms with Crippen LogP contribution < -0.4 is 10.1 Å². The maximum Gasteiger partial charge on any atom is 0.119 e. The van der Waals surface area contributed by atoms with Crippen molar-refractivity contribution >= 4 is 27.5 Å². The van der Waals surface area contributed by atoms with Gasteiger partial charge in [0.1, 0.15) is 5.75 Å². The van der Waals surface area contributed by atoms with Gasteiger partial charge in [-0.3, -0.25) is 4.98 Å². The second-order valence-corrected chi connectivity index (χ2v) is 5.66. The topological polar surface area (TPSA) is 34.2 Å². The fourth-order valence-electron chi connectivity index (χ4n) is 2.07. The van der Waals surface area contributed by atoms with Gasteiger partial charge in [-0.05, 0) is 48.9 Å². The Morgan fingerprint density at radius 2 is 2.20 bits per heavy atom. The van der Waals surface area contributed by atoms with Crippen LogP contribution in [0.4, 0.5) is 0 Å². The molecule has 0 fully saturated rings. The van der Waals surface area contributed by atoms with Gasteiger partial charge in [-0.1, -0.05) is 27.5 Å². The SMILES string of the molecule is CNC(Cc1ccncc1Cl)c1cc(OC)ccc1Br. The number of halogens is 2. The number of aromatic nitrogens is 1. The Morgan fingerprint density at radius 3 is 2.85 bits per heavy atom. The van der Waals surface area contributed by atoms with E-state index in [2.05, 4.69) is 26.2 Å². The summed E-state index contributed by atoms with van der Waals surface area (Å²) in [5.41, 5.74) is 2.20. The van der Waals surface area contributed by atoms with Gasteiger partial charge in [0.05, 0.1) is 12.1 Å². The zero-order valence-electron chi connectivity index (χ0n) is 11.4. The number of hydrogen-bond donors (Lipinski definition) is 1. The smallest absolute Gasteiger partial charge is 0.119 e. The van der Waals surface area contributed by atoms with Crippen LogP contribution in [-0.2, 0) is 6.42 Å². The molecule has 2 aromatic rings. The van der Waals surface area contributed by atoms with Gasteiger partial charge in [0.25, 0.3) is 0 Å². The van der Waals surface area contributed by atoms with Crippen molar-refractivity contribution in [1.29, 1.82) is 0 Å². The molecule has 2 rings (SSSR count). The Labute approximate surface area is 132 Å². The van der Waals surface area contributed by atoms with Crippen LogP contribution in [0.2, 0.25) is 5.02 Å². The predicted molar refractivity (Wildman–Crippen MR) is 85.4 cm³/mol. The number of hydrogen-bond acceptors (Lipinski definition) is 3. The minimum absolute atomic E-state index is 0.138. The van der Waals surface area contributed by atoms with Crippen LogP contribution in [0.5, 0.6) is 5.75 Å². The Morgan fingerprint density at radius 1 is 1.40 bits per heavy atom. The third kappa shape index (κ3) is 3.51. The van der Waals surface area contributed by atoms with Gasteiger partial charge in [-0.2, -0.15) is 0 Å². The van der Waals surface area contributed by atoms with E-state index in [1.807, 2.05) is 31.3 Å². The van der Waals surface area contributed by atoms with Crippen molar-refractivity contribution in [3.05, 3.63) is 57.3 Å². The summed E-state index contributed by atoms with van der Waals surface area (Å²) in [5.74, 6) is 0.837. The van der Waals surface area contributed by atoms with Crippen LogP contribution in [0.15, 0.2) is 41.1 Å². The molecular formula is C15H16BrClN2O. The molecule has 1 N–H and O–H groups in total. The third-order valence-electron chi connectivity index (χ3n) is 3.21. The van der Waals surface area contributed by atoms with Crippen molar-refractivity contribution in [2.75, 3.05) is 14.2 Å². The van der Waals surface area contributed by atoms with Crippen LogP contribution in [0.3, 0.4) is 0 Å². The first-order chi connectivity index (χ1) is 9.65. The van der Waals surface area contributed by atoms with E-state index in [4.69, 9.17) is 16.3 Å². The van der Waals surface area contributed by atoms with Crippen LogP contribution >= 0.6 is 27.5 Å². The van der Waals surface area contributed by atoms with E-state index in [0.717, 1.165) is 27.8 Å². The molecule has 0 spiro atoms. The van der Waals surface area contributed by atoms with Gasteiger partial charge in [0.2, 0.25) is 0 Å². The Kier molecular flexibility index (Phi) is 5.40. The molecule has 20 heavy (non-hydrogen) atoms. The summed E-state index contributed by atoms with van der Waals surface area (Å²) >= 11 is 9.78. The number of ether oxygens (including phenoxy) is 1.